The Kier molecular flexibility index (Phi) is 6.77. The predicted molar refractivity (Wildman–Crippen MR) is 123 cm³/mol. The normalized spacial score (nSPS) is 14.9. The highest BCUT2D eigenvalue weighted by Gasteiger charge is 2.26. The third kappa shape index (κ3) is 5.11. The summed E-state index contributed by atoms with van der Waals surface area (Å²) in [5, 5.41) is 9.71. The van der Waals surface area contributed by atoms with Crippen LogP contribution in [0.1, 0.15) is 6.92 Å². The average molecular weight is 475 g/mol. The fourth-order valence-electron chi connectivity index (χ4n) is 3.54. The van der Waals surface area contributed by atoms with Gasteiger partial charge in [-0.25, -0.2) is 4.39 Å². The topological polar surface area (TPSA) is 58.6 Å². The first kappa shape index (κ1) is 22.3. The summed E-state index contributed by atoms with van der Waals surface area (Å²) in [6.07, 6.45) is -0.702. The molecule has 0 aliphatic carbocycles. The lowest BCUT2D eigenvalue weighted by Crippen LogP contribution is -2.52. The summed E-state index contributed by atoms with van der Waals surface area (Å²) in [5.74, 6) is 0.532. The number of ether oxygens (including phenoxy) is 1. The Hall–Kier alpha value is -2.90. The standard InChI is InChI=1S/C23H21Cl2FN4O2/c1-15(32-18-4-2-3-17(26)14-18)23(31)30-11-9-29(10-12-30)22-8-7-21(27-28-22)19-6-5-16(24)13-20(19)25/h2-8,13-15H,9-12H2,1H3. The molecule has 3 aromatic rings. The van der Waals surface area contributed by atoms with Crippen LogP contribution in [0.15, 0.2) is 54.6 Å². The maximum atomic E-state index is 13.3. The Morgan fingerprint density at radius 2 is 1.81 bits per heavy atom. The maximum absolute atomic E-state index is 13.3. The van der Waals surface area contributed by atoms with Gasteiger partial charge in [-0.3, -0.25) is 4.79 Å². The van der Waals surface area contributed by atoms with Crippen molar-refractivity contribution < 1.29 is 13.9 Å². The highest BCUT2D eigenvalue weighted by molar-refractivity contribution is 6.36. The molecule has 2 heterocycles. The van der Waals surface area contributed by atoms with Crippen LogP contribution in [-0.2, 0) is 4.79 Å². The van der Waals surface area contributed by atoms with Gasteiger partial charge in [0.05, 0.1) is 10.7 Å². The van der Waals surface area contributed by atoms with Gasteiger partial charge in [0, 0.05) is 42.8 Å². The number of piperazine rings is 1. The Morgan fingerprint density at radius 3 is 2.47 bits per heavy atom. The first-order valence-electron chi connectivity index (χ1n) is 10.2. The Balaban J connectivity index is 1.34. The van der Waals surface area contributed by atoms with Crippen LogP contribution >= 0.6 is 23.2 Å². The molecule has 9 heteroatoms. The van der Waals surface area contributed by atoms with E-state index in [-0.39, 0.29) is 5.91 Å². The van der Waals surface area contributed by atoms with E-state index in [0.29, 0.717) is 47.7 Å². The summed E-state index contributed by atoms with van der Waals surface area (Å²) in [5.41, 5.74) is 1.42. The molecule has 1 aliphatic rings. The minimum atomic E-state index is -0.702. The summed E-state index contributed by atoms with van der Waals surface area (Å²) in [7, 11) is 0. The Bertz CT molecular complexity index is 1110. The van der Waals surface area contributed by atoms with Crippen LogP contribution in [0.25, 0.3) is 11.3 Å². The molecule has 6 nitrogen and oxygen atoms in total. The second kappa shape index (κ2) is 9.71. The molecule has 1 amide bonds. The third-order valence-corrected chi connectivity index (χ3v) is 5.78. The van der Waals surface area contributed by atoms with Crippen LogP contribution in [0.2, 0.25) is 10.0 Å². The molecule has 0 bridgehead atoms. The van der Waals surface area contributed by atoms with Crippen molar-refractivity contribution in [1.29, 1.82) is 0 Å². The minimum Gasteiger partial charge on any atom is -0.481 e. The van der Waals surface area contributed by atoms with Gasteiger partial charge in [-0.1, -0.05) is 29.3 Å². The number of carbonyl (C=O) groups is 1. The summed E-state index contributed by atoms with van der Waals surface area (Å²) < 4.78 is 18.9. The van der Waals surface area contributed by atoms with E-state index in [9.17, 15) is 9.18 Å². The zero-order valence-electron chi connectivity index (χ0n) is 17.3. The fraction of sp³-hybridized carbons (Fsp3) is 0.261. The van der Waals surface area contributed by atoms with Gasteiger partial charge in [0.1, 0.15) is 11.6 Å². The molecule has 0 N–H and O–H groups in total. The maximum Gasteiger partial charge on any atom is 0.263 e. The minimum absolute atomic E-state index is 0.132. The average Bonchev–Trinajstić information content (AvgIpc) is 2.79. The smallest absolute Gasteiger partial charge is 0.263 e. The Labute approximate surface area is 195 Å². The van der Waals surface area contributed by atoms with Crippen LogP contribution in [0.3, 0.4) is 0 Å². The van der Waals surface area contributed by atoms with E-state index in [2.05, 4.69) is 15.1 Å². The first-order chi connectivity index (χ1) is 15.4. The van der Waals surface area contributed by atoms with E-state index in [1.807, 2.05) is 18.2 Å². The molecule has 1 aromatic heterocycles. The molecule has 1 unspecified atom stereocenters. The number of nitrogens with zero attached hydrogens (tertiary/aromatic N) is 4. The highest BCUT2D eigenvalue weighted by Crippen LogP contribution is 2.29. The van der Waals surface area contributed by atoms with Crippen molar-refractivity contribution in [3.05, 3.63) is 70.5 Å². The summed E-state index contributed by atoms with van der Waals surface area (Å²) in [6.45, 7) is 3.97. The number of hydrogen-bond donors (Lipinski definition) is 0. The number of halogens is 3. The lowest BCUT2D eigenvalue weighted by molar-refractivity contribution is -0.138. The van der Waals surface area contributed by atoms with Gasteiger partial charge in [0.15, 0.2) is 11.9 Å². The summed E-state index contributed by atoms with van der Waals surface area (Å²) >= 11 is 12.2. The number of benzene rings is 2. The van der Waals surface area contributed by atoms with Crippen molar-refractivity contribution >= 4 is 34.9 Å². The lowest BCUT2D eigenvalue weighted by atomic mass is 10.1. The number of carbonyl (C=O) groups excluding carboxylic acids is 1. The lowest BCUT2D eigenvalue weighted by Gasteiger charge is -2.36. The van der Waals surface area contributed by atoms with Crippen LogP contribution in [-0.4, -0.2) is 53.3 Å². The molecule has 0 spiro atoms. The predicted octanol–water partition coefficient (Wildman–Crippen LogP) is 4.71. The molecule has 166 valence electrons. The zero-order valence-corrected chi connectivity index (χ0v) is 18.9. The van der Waals surface area contributed by atoms with Crippen LogP contribution in [0.4, 0.5) is 10.2 Å². The van der Waals surface area contributed by atoms with Crippen LogP contribution in [0.5, 0.6) is 5.75 Å². The number of aromatic nitrogens is 2. The van der Waals surface area contributed by atoms with E-state index in [4.69, 9.17) is 27.9 Å². The quantitative estimate of drug-likeness (QED) is 0.535. The molecule has 1 atom stereocenters. The molecule has 1 fully saturated rings. The molecule has 1 saturated heterocycles. The van der Waals surface area contributed by atoms with Gasteiger partial charge >= 0.3 is 0 Å². The number of hydrogen-bond acceptors (Lipinski definition) is 5. The van der Waals surface area contributed by atoms with Gasteiger partial charge in [-0.2, -0.15) is 0 Å². The number of anilines is 1. The van der Waals surface area contributed by atoms with E-state index < -0.39 is 11.9 Å². The second-order valence-corrected chi connectivity index (χ2v) is 8.27. The van der Waals surface area contributed by atoms with Gasteiger partial charge < -0.3 is 14.5 Å². The summed E-state index contributed by atoms with van der Waals surface area (Å²) in [6, 6.07) is 14.8. The Morgan fingerprint density at radius 1 is 1.03 bits per heavy atom. The molecule has 4 rings (SSSR count). The zero-order chi connectivity index (χ0) is 22.7. The third-order valence-electron chi connectivity index (χ3n) is 5.23. The second-order valence-electron chi connectivity index (χ2n) is 7.43. The van der Waals surface area contributed by atoms with Crippen molar-refractivity contribution in [2.75, 3.05) is 31.1 Å². The van der Waals surface area contributed by atoms with E-state index in [1.54, 1.807) is 36.1 Å². The van der Waals surface area contributed by atoms with E-state index in [1.165, 1.54) is 12.1 Å². The molecule has 1 aliphatic heterocycles. The van der Waals surface area contributed by atoms with Crippen molar-refractivity contribution in [3.8, 4) is 17.0 Å². The van der Waals surface area contributed by atoms with Crippen molar-refractivity contribution in [1.82, 2.24) is 15.1 Å². The SMILES string of the molecule is CC(Oc1cccc(F)c1)C(=O)N1CCN(c2ccc(-c3ccc(Cl)cc3Cl)nn2)CC1. The molecule has 0 saturated carbocycles. The number of rotatable bonds is 5. The number of amides is 1. The first-order valence-corrected chi connectivity index (χ1v) is 10.9. The molecular weight excluding hydrogens is 454 g/mol. The summed E-state index contributed by atoms with van der Waals surface area (Å²) in [4.78, 5) is 16.5. The molecular formula is C23H21Cl2FN4O2. The van der Waals surface area contributed by atoms with Crippen LogP contribution < -0.4 is 9.64 Å². The monoisotopic (exact) mass is 474 g/mol. The van der Waals surface area contributed by atoms with Gasteiger partial charge in [-0.05, 0) is 49.4 Å². The molecule has 32 heavy (non-hydrogen) atoms. The van der Waals surface area contributed by atoms with Gasteiger partial charge in [0.2, 0.25) is 0 Å². The van der Waals surface area contributed by atoms with Crippen LogP contribution in [0, 0.1) is 5.82 Å². The fourth-order valence-corrected chi connectivity index (χ4v) is 4.05. The largest absolute Gasteiger partial charge is 0.481 e. The van der Waals surface area contributed by atoms with E-state index >= 15 is 0 Å². The van der Waals surface area contributed by atoms with Crippen molar-refractivity contribution in [2.24, 2.45) is 0 Å². The van der Waals surface area contributed by atoms with Crippen molar-refractivity contribution in [2.45, 2.75) is 13.0 Å². The molecule has 2 aromatic carbocycles. The molecule has 0 radical (unpaired) electrons. The highest BCUT2D eigenvalue weighted by atomic mass is 35.5. The van der Waals surface area contributed by atoms with Gasteiger partial charge in [-0.15, -0.1) is 10.2 Å². The van der Waals surface area contributed by atoms with Gasteiger partial charge in [0.25, 0.3) is 5.91 Å². The van der Waals surface area contributed by atoms with E-state index in [0.717, 1.165) is 11.4 Å². The van der Waals surface area contributed by atoms with Crippen molar-refractivity contribution in [3.63, 3.8) is 0 Å².